The second kappa shape index (κ2) is 5.91. The first-order chi connectivity index (χ1) is 9.50. The van der Waals surface area contributed by atoms with Crippen LogP contribution >= 0.6 is 0 Å². The highest BCUT2D eigenvalue weighted by Crippen LogP contribution is 2.37. The second-order valence-electron chi connectivity index (χ2n) is 3.99. The van der Waals surface area contributed by atoms with E-state index in [1.807, 2.05) is 0 Å². The quantitative estimate of drug-likeness (QED) is 0.915. The largest absolute Gasteiger partial charge is 0.485 e. The standard InChI is InChI=1S/C12H12F3N3O2/c1-16-5-8-2-3-10(9(4-8)12(13,14)15)19-6-11-17-7-20-18-11/h2-4,7,16H,5-6H2,1H3. The predicted molar refractivity (Wildman–Crippen MR) is 62.8 cm³/mol. The lowest BCUT2D eigenvalue weighted by Gasteiger charge is -2.14. The van der Waals surface area contributed by atoms with Crippen LogP contribution in [0.4, 0.5) is 13.2 Å². The number of ether oxygens (including phenoxy) is 1. The Hall–Kier alpha value is -2.09. The summed E-state index contributed by atoms with van der Waals surface area (Å²) in [6, 6.07) is 3.91. The predicted octanol–water partition coefficient (Wildman–Crippen LogP) is 2.39. The number of hydrogen-bond acceptors (Lipinski definition) is 5. The van der Waals surface area contributed by atoms with Crippen molar-refractivity contribution in [2.75, 3.05) is 7.05 Å². The molecule has 0 aliphatic carbocycles. The van der Waals surface area contributed by atoms with Crippen LogP contribution in [0.15, 0.2) is 29.1 Å². The summed E-state index contributed by atoms with van der Waals surface area (Å²) >= 11 is 0. The molecule has 0 atom stereocenters. The number of benzene rings is 1. The fourth-order valence-corrected chi connectivity index (χ4v) is 1.64. The van der Waals surface area contributed by atoms with E-state index in [2.05, 4.69) is 20.0 Å². The molecule has 1 aromatic carbocycles. The zero-order valence-electron chi connectivity index (χ0n) is 10.6. The monoisotopic (exact) mass is 287 g/mol. The molecule has 20 heavy (non-hydrogen) atoms. The van der Waals surface area contributed by atoms with Gasteiger partial charge in [-0.25, -0.2) is 0 Å². The lowest BCUT2D eigenvalue weighted by Crippen LogP contribution is -2.12. The lowest BCUT2D eigenvalue weighted by atomic mass is 10.1. The number of nitrogens with one attached hydrogen (secondary N) is 1. The third kappa shape index (κ3) is 3.47. The average Bonchev–Trinajstić information content (AvgIpc) is 2.89. The van der Waals surface area contributed by atoms with Crippen molar-refractivity contribution >= 4 is 0 Å². The molecule has 0 saturated carbocycles. The number of rotatable bonds is 5. The van der Waals surface area contributed by atoms with Gasteiger partial charge in [0.2, 0.25) is 12.2 Å². The summed E-state index contributed by atoms with van der Waals surface area (Å²) in [7, 11) is 1.66. The Kier molecular flexibility index (Phi) is 4.23. The van der Waals surface area contributed by atoms with Crippen LogP contribution in [0.2, 0.25) is 0 Å². The summed E-state index contributed by atoms with van der Waals surface area (Å²) in [5.74, 6) is -0.0837. The van der Waals surface area contributed by atoms with Crippen molar-refractivity contribution in [3.8, 4) is 5.75 Å². The summed E-state index contributed by atoms with van der Waals surface area (Å²) in [5, 5.41) is 6.26. The van der Waals surface area contributed by atoms with E-state index in [1.54, 1.807) is 13.1 Å². The first-order valence-corrected chi connectivity index (χ1v) is 5.73. The maximum absolute atomic E-state index is 13.0. The van der Waals surface area contributed by atoms with Gasteiger partial charge in [-0.3, -0.25) is 0 Å². The molecular weight excluding hydrogens is 275 g/mol. The van der Waals surface area contributed by atoms with Crippen molar-refractivity contribution in [1.29, 1.82) is 0 Å². The molecule has 0 unspecified atom stereocenters. The smallest absolute Gasteiger partial charge is 0.419 e. The van der Waals surface area contributed by atoms with E-state index in [4.69, 9.17) is 4.74 Å². The molecule has 1 aromatic heterocycles. The summed E-state index contributed by atoms with van der Waals surface area (Å²) < 4.78 is 48.5. The van der Waals surface area contributed by atoms with Crippen LogP contribution in [0.1, 0.15) is 17.0 Å². The van der Waals surface area contributed by atoms with Crippen LogP contribution < -0.4 is 10.1 Å². The minimum Gasteiger partial charge on any atom is -0.485 e. The van der Waals surface area contributed by atoms with Crippen molar-refractivity contribution in [1.82, 2.24) is 15.5 Å². The zero-order chi connectivity index (χ0) is 14.6. The van der Waals surface area contributed by atoms with Gasteiger partial charge in [0.25, 0.3) is 0 Å². The molecule has 0 bridgehead atoms. The van der Waals surface area contributed by atoms with E-state index in [1.165, 1.54) is 6.07 Å². The summed E-state index contributed by atoms with van der Waals surface area (Å²) in [5.41, 5.74) is -0.305. The van der Waals surface area contributed by atoms with Crippen molar-refractivity contribution in [3.05, 3.63) is 41.5 Å². The van der Waals surface area contributed by atoms with E-state index in [9.17, 15) is 13.2 Å². The van der Waals surface area contributed by atoms with Crippen LogP contribution in [0.5, 0.6) is 5.75 Å². The van der Waals surface area contributed by atoms with Gasteiger partial charge in [0, 0.05) is 6.54 Å². The molecule has 5 nitrogen and oxygen atoms in total. The van der Waals surface area contributed by atoms with Crippen LogP contribution in [0, 0.1) is 0 Å². The molecule has 1 N–H and O–H groups in total. The van der Waals surface area contributed by atoms with E-state index < -0.39 is 11.7 Å². The van der Waals surface area contributed by atoms with Gasteiger partial charge in [-0.2, -0.15) is 18.2 Å². The molecular formula is C12H12F3N3O2. The number of halogens is 3. The fraction of sp³-hybridized carbons (Fsp3) is 0.333. The average molecular weight is 287 g/mol. The van der Waals surface area contributed by atoms with Crippen LogP contribution in [0.25, 0.3) is 0 Å². The number of aromatic nitrogens is 2. The number of nitrogens with zero attached hydrogens (tertiary/aromatic N) is 2. The summed E-state index contributed by atoms with van der Waals surface area (Å²) in [4.78, 5) is 3.68. The Morgan fingerprint density at radius 2 is 2.15 bits per heavy atom. The fourth-order valence-electron chi connectivity index (χ4n) is 1.64. The van der Waals surface area contributed by atoms with Gasteiger partial charge < -0.3 is 14.6 Å². The van der Waals surface area contributed by atoms with Crippen molar-refractivity contribution in [2.24, 2.45) is 0 Å². The van der Waals surface area contributed by atoms with Crippen molar-refractivity contribution < 1.29 is 22.4 Å². The number of alkyl halides is 3. The molecule has 0 aliphatic heterocycles. The van der Waals surface area contributed by atoms with Crippen molar-refractivity contribution in [2.45, 2.75) is 19.3 Å². The maximum Gasteiger partial charge on any atom is 0.419 e. The van der Waals surface area contributed by atoms with E-state index >= 15 is 0 Å². The van der Waals surface area contributed by atoms with Gasteiger partial charge in [0.1, 0.15) is 5.75 Å². The normalized spacial score (nSPS) is 11.6. The van der Waals surface area contributed by atoms with E-state index in [0.29, 0.717) is 12.1 Å². The molecule has 0 radical (unpaired) electrons. The SMILES string of the molecule is CNCc1ccc(OCc2ncon2)c(C(F)(F)F)c1. The Labute approximate surface area is 112 Å². The molecule has 0 amide bonds. The van der Waals surface area contributed by atoms with Gasteiger partial charge in [-0.15, -0.1) is 0 Å². The lowest BCUT2D eigenvalue weighted by molar-refractivity contribution is -0.139. The molecule has 1 heterocycles. The van der Waals surface area contributed by atoms with Crippen LogP contribution in [-0.4, -0.2) is 17.2 Å². The maximum atomic E-state index is 13.0. The molecule has 0 fully saturated rings. The highest BCUT2D eigenvalue weighted by Gasteiger charge is 2.34. The number of hydrogen-bond donors (Lipinski definition) is 1. The molecule has 8 heteroatoms. The molecule has 2 rings (SSSR count). The summed E-state index contributed by atoms with van der Waals surface area (Å²) in [6.07, 6.45) is -3.41. The Morgan fingerprint density at radius 1 is 1.35 bits per heavy atom. The van der Waals surface area contributed by atoms with Crippen molar-refractivity contribution in [3.63, 3.8) is 0 Å². The Balaban J connectivity index is 2.22. The third-order valence-corrected chi connectivity index (χ3v) is 2.49. The molecule has 108 valence electrons. The Morgan fingerprint density at radius 3 is 2.75 bits per heavy atom. The highest BCUT2D eigenvalue weighted by atomic mass is 19.4. The first kappa shape index (κ1) is 14.3. The molecule has 0 saturated heterocycles. The minimum atomic E-state index is -4.49. The minimum absolute atomic E-state index is 0.178. The highest BCUT2D eigenvalue weighted by molar-refractivity contribution is 5.39. The van der Waals surface area contributed by atoms with Gasteiger partial charge in [-0.05, 0) is 24.7 Å². The second-order valence-corrected chi connectivity index (χ2v) is 3.99. The van der Waals surface area contributed by atoms with Gasteiger partial charge in [-0.1, -0.05) is 11.2 Å². The molecule has 2 aromatic rings. The van der Waals surface area contributed by atoms with Gasteiger partial charge >= 0.3 is 6.18 Å². The summed E-state index contributed by atoms with van der Waals surface area (Å²) in [6.45, 7) is 0.152. The molecule has 0 spiro atoms. The molecule has 0 aliphatic rings. The van der Waals surface area contributed by atoms with Crippen LogP contribution in [0.3, 0.4) is 0 Å². The topological polar surface area (TPSA) is 60.2 Å². The first-order valence-electron chi connectivity index (χ1n) is 5.73. The third-order valence-electron chi connectivity index (χ3n) is 2.49. The van der Waals surface area contributed by atoms with Gasteiger partial charge in [0.05, 0.1) is 5.56 Å². The van der Waals surface area contributed by atoms with E-state index in [-0.39, 0.29) is 18.2 Å². The zero-order valence-corrected chi connectivity index (χ0v) is 10.6. The van der Waals surface area contributed by atoms with E-state index in [0.717, 1.165) is 12.5 Å². The van der Waals surface area contributed by atoms with Crippen LogP contribution in [-0.2, 0) is 19.3 Å². The Bertz CT molecular complexity index is 556. The van der Waals surface area contributed by atoms with Gasteiger partial charge in [0.15, 0.2) is 6.61 Å².